The fraction of sp³-hybridized carbons (Fsp3) is 0.667. The monoisotopic (exact) mass is 305 g/mol. The number of rotatable bonds is 4. The van der Waals surface area contributed by atoms with Crippen LogP contribution in [0.1, 0.15) is 19.2 Å². The SMILES string of the molecule is CCc1nccn1CCC(=O)N1CCN2CCNC(=O)[C@H]2C1. The van der Waals surface area contributed by atoms with Gasteiger partial charge in [0.2, 0.25) is 11.8 Å². The Bertz CT molecular complexity index is 556. The van der Waals surface area contributed by atoms with E-state index in [9.17, 15) is 9.59 Å². The van der Waals surface area contributed by atoms with Crippen molar-refractivity contribution < 1.29 is 9.59 Å². The van der Waals surface area contributed by atoms with Gasteiger partial charge >= 0.3 is 0 Å². The minimum absolute atomic E-state index is 0.0478. The lowest BCUT2D eigenvalue weighted by Gasteiger charge is -2.43. The van der Waals surface area contributed by atoms with E-state index in [1.54, 1.807) is 6.20 Å². The number of hydrogen-bond acceptors (Lipinski definition) is 4. The molecule has 2 fully saturated rings. The molecule has 0 spiro atoms. The van der Waals surface area contributed by atoms with E-state index in [-0.39, 0.29) is 17.9 Å². The van der Waals surface area contributed by atoms with E-state index in [1.807, 2.05) is 15.7 Å². The van der Waals surface area contributed by atoms with E-state index < -0.39 is 0 Å². The first kappa shape index (κ1) is 15.0. The van der Waals surface area contributed by atoms with Crippen LogP contribution in [0.5, 0.6) is 0 Å². The van der Waals surface area contributed by atoms with Crippen LogP contribution in [0.15, 0.2) is 12.4 Å². The average Bonchev–Trinajstić information content (AvgIpc) is 3.00. The van der Waals surface area contributed by atoms with E-state index in [0.29, 0.717) is 32.6 Å². The van der Waals surface area contributed by atoms with Gasteiger partial charge in [-0.3, -0.25) is 14.5 Å². The molecule has 1 aromatic rings. The van der Waals surface area contributed by atoms with Crippen LogP contribution in [0.4, 0.5) is 0 Å². The van der Waals surface area contributed by atoms with Gasteiger partial charge in [0.15, 0.2) is 0 Å². The van der Waals surface area contributed by atoms with Crippen LogP contribution in [-0.2, 0) is 22.6 Å². The topological polar surface area (TPSA) is 70.5 Å². The van der Waals surface area contributed by atoms with E-state index >= 15 is 0 Å². The highest BCUT2D eigenvalue weighted by atomic mass is 16.2. The number of nitrogens with one attached hydrogen (secondary N) is 1. The molecule has 0 radical (unpaired) electrons. The molecule has 0 saturated carbocycles. The molecule has 2 amide bonds. The molecule has 2 saturated heterocycles. The predicted octanol–water partition coefficient (Wildman–Crippen LogP) is -0.522. The van der Waals surface area contributed by atoms with Crippen molar-refractivity contribution in [2.75, 3.05) is 32.7 Å². The normalized spacial score (nSPS) is 22.3. The molecule has 22 heavy (non-hydrogen) atoms. The summed E-state index contributed by atoms with van der Waals surface area (Å²) in [7, 11) is 0. The number of aryl methyl sites for hydroxylation is 2. The van der Waals surface area contributed by atoms with Crippen molar-refractivity contribution in [3.8, 4) is 0 Å². The Balaban J connectivity index is 1.55. The molecule has 1 N–H and O–H groups in total. The number of nitrogens with zero attached hydrogens (tertiary/aromatic N) is 4. The molecule has 7 nitrogen and oxygen atoms in total. The first-order chi connectivity index (χ1) is 10.7. The number of fused-ring (bicyclic) bond motifs is 1. The lowest BCUT2D eigenvalue weighted by molar-refractivity contribution is -0.140. The zero-order valence-electron chi connectivity index (χ0n) is 13.0. The smallest absolute Gasteiger partial charge is 0.239 e. The van der Waals surface area contributed by atoms with Gasteiger partial charge in [0, 0.05) is 64.5 Å². The van der Waals surface area contributed by atoms with Crippen LogP contribution in [0.25, 0.3) is 0 Å². The van der Waals surface area contributed by atoms with Crippen LogP contribution < -0.4 is 5.32 Å². The summed E-state index contributed by atoms with van der Waals surface area (Å²) in [5, 5.41) is 2.88. The van der Waals surface area contributed by atoms with Gasteiger partial charge in [0.1, 0.15) is 11.9 Å². The zero-order chi connectivity index (χ0) is 15.5. The fourth-order valence-electron chi connectivity index (χ4n) is 3.24. The van der Waals surface area contributed by atoms with Gasteiger partial charge in [-0.25, -0.2) is 4.98 Å². The maximum Gasteiger partial charge on any atom is 0.239 e. The molecule has 0 aromatic carbocycles. The molecule has 120 valence electrons. The number of carbonyl (C=O) groups is 2. The highest BCUT2D eigenvalue weighted by Crippen LogP contribution is 2.14. The summed E-state index contributed by atoms with van der Waals surface area (Å²) in [5.74, 6) is 1.17. The molecule has 7 heteroatoms. The maximum atomic E-state index is 12.4. The van der Waals surface area contributed by atoms with Gasteiger partial charge in [-0.1, -0.05) is 6.92 Å². The van der Waals surface area contributed by atoms with Gasteiger partial charge in [-0.2, -0.15) is 0 Å². The number of carbonyl (C=O) groups excluding carboxylic acids is 2. The molecule has 0 aliphatic carbocycles. The third kappa shape index (κ3) is 2.99. The van der Waals surface area contributed by atoms with Crippen molar-refractivity contribution in [2.24, 2.45) is 0 Å². The van der Waals surface area contributed by atoms with Crippen molar-refractivity contribution in [1.82, 2.24) is 24.7 Å². The molecular weight excluding hydrogens is 282 g/mol. The summed E-state index contributed by atoms with van der Waals surface area (Å²) in [6.07, 6.45) is 5.01. The summed E-state index contributed by atoms with van der Waals surface area (Å²) in [4.78, 5) is 32.6. The van der Waals surface area contributed by atoms with Crippen LogP contribution in [0.3, 0.4) is 0 Å². The quantitative estimate of drug-likeness (QED) is 0.812. The Morgan fingerprint density at radius 2 is 2.27 bits per heavy atom. The Morgan fingerprint density at radius 1 is 1.41 bits per heavy atom. The molecule has 3 heterocycles. The Kier molecular flexibility index (Phi) is 4.42. The Labute approximate surface area is 130 Å². The summed E-state index contributed by atoms with van der Waals surface area (Å²) in [6, 6.07) is -0.175. The Hall–Kier alpha value is -1.89. The van der Waals surface area contributed by atoms with E-state index in [0.717, 1.165) is 25.3 Å². The molecule has 0 bridgehead atoms. The van der Waals surface area contributed by atoms with Crippen molar-refractivity contribution in [3.05, 3.63) is 18.2 Å². The average molecular weight is 305 g/mol. The van der Waals surface area contributed by atoms with Gasteiger partial charge in [0.25, 0.3) is 0 Å². The second kappa shape index (κ2) is 6.48. The van der Waals surface area contributed by atoms with E-state index in [4.69, 9.17) is 0 Å². The van der Waals surface area contributed by atoms with E-state index in [1.165, 1.54) is 0 Å². The Morgan fingerprint density at radius 3 is 3.09 bits per heavy atom. The number of piperazine rings is 2. The summed E-state index contributed by atoms with van der Waals surface area (Å²) in [6.45, 7) is 6.31. The molecule has 3 rings (SSSR count). The van der Waals surface area contributed by atoms with Crippen molar-refractivity contribution in [2.45, 2.75) is 32.4 Å². The second-order valence-electron chi connectivity index (χ2n) is 5.82. The molecule has 1 aromatic heterocycles. The van der Waals surface area contributed by atoms with Crippen molar-refractivity contribution >= 4 is 11.8 Å². The van der Waals surface area contributed by atoms with Crippen LogP contribution in [-0.4, -0.2) is 69.9 Å². The predicted molar refractivity (Wildman–Crippen MR) is 81.2 cm³/mol. The van der Waals surface area contributed by atoms with Crippen LogP contribution >= 0.6 is 0 Å². The van der Waals surface area contributed by atoms with Gasteiger partial charge < -0.3 is 14.8 Å². The van der Waals surface area contributed by atoms with E-state index in [2.05, 4.69) is 22.1 Å². The molecule has 1 atom stereocenters. The van der Waals surface area contributed by atoms with Gasteiger partial charge in [0.05, 0.1) is 0 Å². The highest BCUT2D eigenvalue weighted by Gasteiger charge is 2.35. The van der Waals surface area contributed by atoms with Crippen LogP contribution in [0, 0.1) is 0 Å². The first-order valence-electron chi connectivity index (χ1n) is 7.98. The minimum Gasteiger partial charge on any atom is -0.353 e. The third-order valence-corrected chi connectivity index (χ3v) is 4.53. The molecule has 0 unspecified atom stereocenters. The number of aromatic nitrogens is 2. The summed E-state index contributed by atoms with van der Waals surface area (Å²) in [5.41, 5.74) is 0. The largest absolute Gasteiger partial charge is 0.353 e. The number of amides is 2. The zero-order valence-corrected chi connectivity index (χ0v) is 13.0. The second-order valence-corrected chi connectivity index (χ2v) is 5.82. The maximum absolute atomic E-state index is 12.4. The lowest BCUT2D eigenvalue weighted by Crippen LogP contribution is -2.64. The molecular formula is C15H23N5O2. The summed E-state index contributed by atoms with van der Waals surface area (Å²) < 4.78 is 2.03. The number of hydrogen-bond donors (Lipinski definition) is 1. The van der Waals surface area contributed by atoms with Gasteiger partial charge in [-0.15, -0.1) is 0 Å². The third-order valence-electron chi connectivity index (χ3n) is 4.53. The molecule has 2 aliphatic rings. The van der Waals surface area contributed by atoms with Crippen LogP contribution in [0.2, 0.25) is 0 Å². The highest BCUT2D eigenvalue weighted by molar-refractivity contribution is 5.84. The van der Waals surface area contributed by atoms with Gasteiger partial charge in [-0.05, 0) is 0 Å². The first-order valence-corrected chi connectivity index (χ1v) is 7.98. The summed E-state index contributed by atoms with van der Waals surface area (Å²) >= 11 is 0. The minimum atomic E-state index is -0.175. The fourth-order valence-corrected chi connectivity index (χ4v) is 3.24. The standard InChI is InChI=1S/C15H23N5O2/c1-2-13-16-4-8-19(13)6-3-14(21)20-10-9-18-7-5-17-15(22)12(18)11-20/h4,8,12H,2-3,5-7,9-11H2,1H3,(H,17,22)/t12-/m1/s1. The van der Waals surface area contributed by atoms with Crippen molar-refractivity contribution in [1.29, 1.82) is 0 Å². The molecule has 2 aliphatic heterocycles. The lowest BCUT2D eigenvalue weighted by atomic mass is 10.1. The van der Waals surface area contributed by atoms with Crippen molar-refractivity contribution in [3.63, 3.8) is 0 Å². The number of imidazole rings is 1.